The number of rotatable bonds is 3. The molecule has 66 valence electrons. The molecule has 4 nitrogen and oxygen atoms in total. The van der Waals surface area contributed by atoms with E-state index < -0.39 is 6.29 Å². The number of hydrogen-bond donors (Lipinski definition) is 0. The summed E-state index contributed by atoms with van der Waals surface area (Å²) < 4.78 is 15.1. The van der Waals surface area contributed by atoms with Gasteiger partial charge in [-0.2, -0.15) is 5.26 Å². The van der Waals surface area contributed by atoms with Crippen LogP contribution in [0.2, 0.25) is 0 Å². The van der Waals surface area contributed by atoms with Crippen LogP contribution in [0.15, 0.2) is 11.8 Å². The highest BCUT2D eigenvalue weighted by Gasteiger charge is 2.30. The summed E-state index contributed by atoms with van der Waals surface area (Å²) in [6.45, 7) is 4.15. The Morgan fingerprint density at radius 1 is 1.67 bits per heavy atom. The van der Waals surface area contributed by atoms with Crippen LogP contribution in [0.4, 0.5) is 0 Å². The molecule has 0 unspecified atom stereocenters. The molecule has 0 aliphatic carbocycles. The van der Waals surface area contributed by atoms with Gasteiger partial charge in [0.1, 0.15) is 17.9 Å². The maximum Gasteiger partial charge on any atom is 0.202 e. The van der Waals surface area contributed by atoms with Gasteiger partial charge in [-0.3, -0.25) is 0 Å². The predicted molar refractivity (Wildman–Crippen MR) is 40.7 cm³/mol. The first-order valence-electron chi connectivity index (χ1n) is 3.80. The Kier molecular flexibility index (Phi) is 3.09. The van der Waals surface area contributed by atoms with Gasteiger partial charge in [-0.25, -0.2) is 0 Å². The fourth-order valence-corrected chi connectivity index (χ4v) is 0.813. The molecule has 1 heterocycles. The summed E-state index contributed by atoms with van der Waals surface area (Å²) in [6.07, 6.45) is 0.626. The fourth-order valence-electron chi connectivity index (χ4n) is 0.813. The monoisotopic (exact) mass is 169 g/mol. The Morgan fingerprint density at radius 3 is 2.75 bits per heavy atom. The molecule has 0 saturated carbocycles. The van der Waals surface area contributed by atoms with Gasteiger partial charge in [0.15, 0.2) is 6.29 Å². The quantitative estimate of drug-likeness (QED) is 0.469. The Labute approximate surface area is 71.3 Å². The van der Waals surface area contributed by atoms with Crippen molar-refractivity contribution in [1.82, 2.24) is 0 Å². The van der Waals surface area contributed by atoms with Gasteiger partial charge in [-0.15, -0.1) is 0 Å². The fraction of sp³-hybridized carbons (Fsp3) is 0.625. The first-order chi connectivity index (χ1) is 5.77. The van der Waals surface area contributed by atoms with Crippen LogP contribution < -0.4 is 0 Å². The second-order valence-electron chi connectivity index (χ2n) is 2.31. The molecule has 1 rings (SSSR count). The van der Waals surface area contributed by atoms with E-state index >= 15 is 0 Å². The van der Waals surface area contributed by atoms with Crippen molar-refractivity contribution in [2.24, 2.45) is 0 Å². The van der Waals surface area contributed by atoms with E-state index in [1.165, 1.54) is 6.26 Å². The first-order valence-corrected chi connectivity index (χ1v) is 3.80. The summed E-state index contributed by atoms with van der Waals surface area (Å²) in [7, 11) is 0. The lowest BCUT2D eigenvalue weighted by molar-refractivity contribution is -0.358. The SMILES string of the molecule is CCO/C=C(/C#N)C1OC(C)O1. The predicted octanol–water partition coefficient (Wildman–Crippen LogP) is 1.15. The summed E-state index contributed by atoms with van der Waals surface area (Å²) in [5, 5.41) is 8.62. The highest BCUT2D eigenvalue weighted by molar-refractivity contribution is 5.22. The maximum atomic E-state index is 8.62. The highest BCUT2D eigenvalue weighted by Crippen LogP contribution is 2.22. The molecule has 1 saturated heterocycles. The molecule has 0 atom stereocenters. The van der Waals surface area contributed by atoms with Crippen LogP contribution in [0, 0.1) is 11.3 Å². The molecule has 4 heteroatoms. The van der Waals surface area contributed by atoms with Gasteiger partial charge in [0.25, 0.3) is 0 Å². The molecule has 0 amide bonds. The van der Waals surface area contributed by atoms with Gasteiger partial charge in [-0.1, -0.05) is 0 Å². The lowest BCUT2D eigenvalue weighted by atomic mass is 10.3. The van der Waals surface area contributed by atoms with E-state index in [9.17, 15) is 0 Å². The van der Waals surface area contributed by atoms with E-state index in [1.807, 2.05) is 13.0 Å². The number of nitriles is 1. The van der Waals surface area contributed by atoms with Crippen molar-refractivity contribution in [1.29, 1.82) is 5.26 Å². The zero-order valence-corrected chi connectivity index (χ0v) is 7.11. The van der Waals surface area contributed by atoms with Gasteiger partial charge in [0, 0.05) is 0 Å². The molecule has 12 heavy (non-hydrogen) atoms. The van der Waals surface area contributed by atoms with Crippen molar-refractivity contribution in [2.75, 3.05) is 6.61 Å². The third-order valence-electron chi connectivity index (χ3n) is 1.39. The molecular weight excluding hydrogens is 158 g/mol. The van der Waals surface area contributed by atoms with Crippen molar-refractivity contribution in [3.8, 4) is 6.07 Å². The molecule has 0 radical (unpaired) electrons. The molecule has 0 aromatic carbocycles. The third-order valence-corrected chi connectivity index (χ3v) is 1.39. The van der Waals surface area contributed by atoms with Crippen molar-refractivity contribution in [3.63, 3.8) is 0 Å². The molecule has 0 spiro atoms. The highest BCUT2D eigenvalue weighted by atomic mass is 16.9. The zero-order valence-electron chi connectivity index (χ0n) is 7.11. The van der Waals surface area contributed by atoms with Crippen LogP contribution in [-0.4, -0.2) is 19.2 Å². The minimum Gasteiger partial charge on any atom is -0.500 e. The van der Waals surface area contributed by atoms with Crippen LogP contribution >= 0.6 is 0 Å². The normalized spacial score (nSPS) is 28.9. The minimum atomic E-state index is -0.531. The second kappa shape index (κ2) is 4.10. The van der Waals surface area contributed by atoms with E-state index in [4.69, 9.17) is 19.5 Å². The van der Waals surface area contributed by atoms with Crippen LogP contribution in [-0.2, 0) is 14.2 Å². The van der Waals surface area contributed by atoms with Crippen LogP contribution in [0.5, 0.6) is 0 Å². The van der Waals surface area contributed by atoms with Crippen molar-refractivity contribution >= 4 is 0 Å². The average Bonchev–Trinajstić information content (AvgIpc) is 2.02. The molecular formula is C8H11NO3. The van der Waals surface area contributed by atoms with E-state index in [1.54, 1.807) is 6.92 Å². The zero-order chi connectivity index (χ0) is 8.97. The third kappa shape index (κ3) is 1.97. The number of ether oxygens (including phenoxy) is 3. The summed E-state index contributed by atoms with van der Waals surface area (Å²) in [5.41, 5.74) is 0.370. The number of hydrogen-bond acceptors (Lipinski definition) is 4. The smallest absolute Gasteiger partial charge is 0.202 e. The standard InChI is InChI=1S/C8H11NO3/c1-3-10-5-7(4-9)8-11-6(2)12-8/h5-6,8H,3H2,1-2H3/b7-5-. The van der Waals surface area contributed by atoms with E-state index in [0.29, 0.717) is 12.2 Å². The van der Waals surface area contributed by atoms with E-state index in [0.717, 1.165) is 0 Å². The molecule has 0 N–H and O–H groups in total. The van der Waals surface area contributed by atoms with Crippen molar-refractivity contribution in [2.45, 2.75) is 26.4 Å². The van der Waals surface area contributed by atoms with Gasteiger partial charge < -0.3 is 14.2 Å². The molecule has 0 bridgehead atoms. The maximum absolute atomic E-state index is 8.62. The molecule has 1 aliphatic rings. The minimum absolute atomic E-state index is 0.214. The molecule has 0 aromatic heterocycles. The van der Waals surface area contributed by atoms with Gasteiger partial charge >= 0.3 is 0 Å². The lowest BCUT2D eigenvalue weighted by Crippen LogP contribution is -2.39. The average molecular weight is 169 g/mol. The van der Waals surface area contributed by atoms with Crippen molar-refractivity contribution in [3.05, 3.63) is 11.8 Å². The van der Waals surface area contributed by atoms with Gasteiger partial charge in [-0.05, 0) is 13.8 Å². The second-order valence-corrected chi connectivity index (χ2v) is 2.31. The summed E-state index contributed by atoms with van der Waals surface area (Å²) in [5.74, 6) is 0. The molecule has 1 aliphatic heterocycles. The van der Waals surface area contributed by atoms with Crippen molar-refractivity contribution < 1.29 is 14.2 Å². The Bertz CT molecular complexity index is 213. The van der Waals surface area contributed by atoms with Gasteiger partial charge in [0.05, 0.1) is 6.61 Å². The van der Waals surface area contributed by atoms with E-state index in [-0.39, 0.29) is 6.29 Å². The summed E-state index contributed by atoms with van der Waals surface area (Å²) in [6, 6.07) is 1.95. The summed E-state index contributed by atoms with van der Waals surface area (Å²) in [4.78, 5) is 0. The Hall–Kier alpha value is -1.05. The molecule has 1 fully saturated rings. The largest absolute Gasteiger partial charge is 0.500 e. The topological polar surface area (TPSA) is 51.5 Å². The van der Waals surface area contributed by atoms with Gasteiger partial charge in [0.2, 0.25) is 6.29 Å². The summed E-state index contributed by atoms with van der Waals surface area (Å²) >= 11 is 0. The number of nitrogens with zero attached hydrogens (tertiary/aromatic N) is 1. The van der Waals surface area contributed by atoms with Crippen LogP contribution in [0.3, 0.4) is 0 Å². The van der Waals surface area contributed by atoms with E-state index in [2.05, 4.69) is 0 Å². The Morgan fingerprint density at radius 2 is 2.33 bits per heavy atom. The van der Waals surface area contributed by atoms with Crippen LogP contribution in [0.25, 0.3) is 0 Å². The Balaban J connectivity index is 2.42. The first kappa shape index (κ1) is 9.04. The lowest BCUT2D eigenvalue weighted by Gasteiger charge is -2.32. The molecule has 0 aromatic rings. The van der Waals surface area contributed by atoms with Crippen LogP contribution in [0.1, 0.15) is 13.8 Å².